The minimum Gasteiger partial charge on any atom is -0.453 e. The van der Waals surface area contributed by atoms with Crippen molar-refractivity contribution in [2.45, 2.75) is 38.1 Å². The first-order valence-electron chi connectivity index (χ1n) is 11.7. The van der Waals surface area contributed by atoms with Gasteiger partial charge < -0.3 is 25.4 Å². The van der Waals surface area contributed by atoms with Crippen LogP contribution in [0.2, 0.25) is 0 Å². The number of methoxy groups -OCH3 is 1. The molecular weight excluding hydrogens is 481 g/mol. The van der Waals surface area contributed by atoms with Gasteiger partial charge in [-0.05, 0) is 44.5 Å². The highest BCUT2D eigenvalue weighted by Crippen LogP contribution is 2.27. The number of ether oxygens (including phenoxy) is 1. The fourth-order valence-corrected chi connectivity index (χ4v) is 3.94. The number of carbonyl (C=O) groups is 2. The van der Waals surface area contributed by atoms with E-state index in [4.69, 9.17) is 10.00 Å². The van der Waals surface area contributed by atoms with Gasteiger partial charge in [-0.2, -0.15) is 10.4 Å². The van der Waals surface area contributed by atoms with Crippen LogP contribution >= 0.6 is 0 Å². The van der Waals surface area contributed by atoms with Gasteiger partial charge in [-0.3, -0.25) is 9.78 Å². The number of hydrogen-bond donors (Lipinski definition) is 3. The largest absolute Gasteiger partial charge is 0.453 e. The highest BCUT2D eigenvalue weighted by Gasteiger charge is 2.33. The molecule has 3 aromatic rings. The number of nitrogens with zero attached hydrogens (tertiary/aromatic N) is 5. The van der Waals surface area contributed by atoms with Crippen molar-refractivity contribution in [3.8, 4) is 17.5 Å². The molecule has 0 aromatic carbocycles. The van der Waals surface area contributed by atoms with E-state index in [9.17, 15) is 19.1 Å². The van der Waals surface area contributed by atoms with E-state index in [2.05, 4.69) is 26.8 Å². The van der Waals surface area contributed by atoms with E-state index in [-0.39, 0.29) is 18.2 Å². The van der Waals surface area contributed by atoms with Crippen LogP contribution in [0.1, 0.15) is 36.2 Å². The zero-order chi connectivity index (χ0) is 26.7. The third-order valence-corrected chi connectivity index (χ3v) is 6.33. The number of halogens is 1. The standard InChI is InChI=1S/C25H28FN7O4/c1-25(2,36)22(26)14-30-23(34)18-13-29-20(21-5-4-16-8-15(10-27)11-31-33(16)21)9-19(18)28-12-17-6-7-32(17)24(35)37-3/h4-5,8-9,11,13,17,22,36H,6-7,12,14H2,1-3H3,(H,28,29)(H,30,34). The quantitative estimate of drug-likeness (QED) is 0.420. The molecule has 3 aromatic heterocycles. The lowest BCUT2D eigenvalue weighted by molar-refractivity contribution is -0.00178. The van der Waals surface area contributed by atoms with Gasteiger partial charge in [-0.15, -0.1) is 0 Å². The fraction of sp³-hybridized carbons (Fsp3) is 0.400. The summed E-state index contributed by atoms with van der Waals surface area (Å²) in [4.78, 5) is 30.9. The Kier molecular flexibility index (Phi) is 7.26. The summed E-state index contributed by atoms with van der Waals surface area (Å²) in [6.07, 6.45) is 1.51. The van der Waals surface area contributed by atoms with Gasteiger partial charge in [0.1, 0.15) is 12.2 Å². The second-order valence-electron chi connectivity index (χ2n) is 9.34. The zero-order valence-corrected chi connectivity index (χ0v) is 20.7. The maximum atomic E-state index is 14.2. The van der Waals surface area contributed by atoms with Gasteiger partial charge >= 0.3 is 6.09 Å². The predicted molar refractivity (Wildman–Crippen MR) is 133 cm³/mol. The Balaban J connectivity index is 1.62. The Morgan fingerprint density at radius 1 is 1.35 bits per heavy atom. The van der Waals surface area contributed by atoms with Crippen LogP contribution in [0.3, 0.4) is 0 Å². The molecule has 0 saturated carbocycles. The summed E-state index contributed by atoms with van der Waals surface area (Å²) in [5.41, 5.74) is 1.28. The van der Waals surface area contributed by atoms with Gasteiger partial charge in [0.05, 0.1) is 65.2 Å². The third-order valence-electron chi connectivity index (χ3n) is 6.33. The van der Waals surface area contributed by atoms with Crippen molar-refractivity contribution in [2.75, 3.05) is 32.1 Å². The summed E-state index contributed by atoms with van der Waals surface area (Å²) in [5, 5.41) is 29.0. The lowest BCUT2D eigenvalue weighted by atomic mass is 10.0. The Bertz CT molecular complexity index is 1360. The van der Waals surface area contributed by atoms with Gasteiger partial charge in [-0.1, -0.05) is 0 Å². The van der Waals surface area contributed by atoms with Crippen molar-refractivity contribution in [2.24, 2.45) is 0 Å². The van der Waals surface area contributed by atoms with Crippen molar-refractivity contribution in [3.63, 3.8) is 0 Å². The second-order valence-corrected chi connectivity index (χ2v) is 9.34. The summed E-state index contributed by atoms with van der Waals surface area (Å²) in [7, 11) is 1.32. The maximum Gasteiger partial charge on any atom is 0.409 e. The first kappa shape index (κ1) is 25.8. The van der Waals surface area contributed by atoms with Crippen LogP contribution in [-0.2, 0) is 4.74 Å². The van der Waals surface area contributed by atoms with Gasteiger partial charge in [0.15, 0.2) is 0 Å². The van der Waals surface area contributed by atoms with E-state index >= 15 is 0 Å². The predicted octanol–water partition coefficient (Wildman–Crippen LogP) is 2.36. The van der Waals surface area contributed by atoms with Crippen LogP contribution in [-0.4, -0.2) is 81.2 Å². The molecule has 2 atom stereocenters. The monoisotopic (exact) mass is 509 g/mol. The maximum absolute atomic E-state index is 14.2. The van der Waals surface area contributed by atoms with E-state index in [0.29, 0.717) is 41.2 Å². The second kappa shape index (κ2) is 10.4. The summed E-state index contributed by atoms with van der Waals surface area (Å²) >= 11 is 0. The van der Waals surface area contributed by atoms with Crippen LogP contribution in [0, 0.1) is 11.3 Å². The minimum absolute atomic E-state index is 0.120. The fourth-order valence-electron chi connectivity index (χ4n) is 3.94. The number of fused-ring (bicyclic) bond motifs is 1. The number of amides is 2. The molecule has 3 N–H and O–H groups in total. The van der Waals surface area contributed by atoms with Crippen molar-refractivity contribution in [3.05, 3.63) is 47.8 Å². The van der Waals surface area contributed by atoms with Gasteiger partial charge in [0.25, 0.3) is 5.91 Å². The summed E-state index contributed by atoms with van der Waals surface area (Å²) in [5.74, 6) is -0.566. The van der Waals surface area contributed by atoms with E-state index < -0.39 is 23.8 Å². The molecule has 1 aliphatic heterocycles. The molecule has 194 valence electrons. The van der Waals surface area contributed by atoms with E-state index in [0.717, 1.165) is 6.42 Å². The zero-order valence-electron chi connectivity index (χ0n) is 20.7. The van der Waals surface area contributed by atoms with Gasteiger partial charge in [0, 0.05) is 19.3 Å². The number of aromatic nitrogens is 3. The number of likely N-dealkylation sites (tertiary alicyclic amines) is 1. The molecular formula is C25H28FN7O4. The normalized spacial score (nSPS) is 16.0. The number of rotatable bonds is 8. The average Bonchev–Trinajstić information content (AvgIpc) is 3.28. The van der Waals surface area contributed by atoms with Crippen molar-refractivity contribution in [1.29, 1.82) is 5.26 Å². The molecule has 0 aliphatic carbocycles. The van der Waals surface area contributed by atoms with E-state index in [1.54, 1.807) is 33.7 Å². The Morgan fingerprint density at radius 2 is 2.14 bits per heavy atom. The Hall–Kier alpha value is -4.24. The van der Waals surface area contributed by atoms with Crippen LogP contribution in [0.15, 0.2) is 36.7 Å². The smallest absolute Gasteiger partial charge is 0.409 e. The van der Waals surface area contributed by atoms with Crippen LogP contribution in [0.5, 0.6) is 0 Å². The molecule has 1 aliphatic rings. The summed E-state index contributed by atoms with van der Waals surface area (Å²) in [6.45, 7) is 3.21. The molecule has 0 radical (unpaired) electrons. The number of alkyl halides is 1. The highest BCUT2D eigenvalue weighted by atomic mass is 19.1. The lowest BCUT2D eigenvalue weighted by Crippen LogP contribution is -2.54. The first-order chi connectivity index (χ1) is 17.6. The topological polar surface area (TPSA) is 145 Å². The molecule has 2 unspecified atom stereocenters. The molecule has 1 saturated heterocycles. The van der Waals surface area contributed by atoms with Crippen LogP contribution in [0.25, 0.3) is 16.9 Å². The third kappa shape index (κ3) is 5.46. The molecule has 0 bridgehead atoms. The highest BCUT2D eigenvalue weighted by molar-refractivity contribution is 6.00. The summed E-state index contributed by atoms with van der Waals surface area (Å²) < 4.78 is 20.7. The first-order valence-corrected chi connectivity index (χ1v) is 11.7. The molecule has 11 nitrogen and oxygen atoms in total. The van der Waals surface area contributed by atoms with Crippen molar-refractivity contribution in [1.82, 2.24) is 24.8 Å². The number of pyridine rings is 1. The van der Waals surface area contributed by atoms with Gasteiger partial charge in [-0.25, -0.2) is 13.7 Å². The van der Waals surface area contributed by atoms with Crippen LogP contribution < -0.4 is 10.6 Å². The minimum atomic E-state index is -1.67. The number of anilines is 1. The summed E-state index contributed by atoms with van der Waals surface area (Å²) in [6, 6.07) is 8.92. The number of carbonyl (C=O) groups excluding carboxylic acids is 2. The molecule has 12 heteroatoms. The molecule has 1 fully saturated rings. The average molecular weight is 510 g/mol. The van der Waals surface area contributed by atoms with Gasteiger partial charge in [0.2, 0.25) is 0 Å². The molecule has 37 heavy (non-hydrogen) atoms. The molecule has 4 heterocycles. The SMILES string of the molecule is COC(=O)N1CCC1CNc1cc(-c2ccc3cc(C#N)cnn23)ncc1C(=O)NCC(F)C(C)(C)O. The van der Waals surface area contributed by atoms with Crippen molar-refractivity contribution < 1.29 is 23.8 Å². The van der Waals surface area contributed by atoms with Crippen LogP contribution in [0.4, 0.5) is 14.9 Å². The number of nitriles is 1. The van der Waals surface area contributed by atoms with Crippen molar-refractivity contribution >= 4 is 23.2 Å². The number of hydrogen-bond acceptors (Lipinski definition) is 8. The van der Waals surface area contributed by atoms with E-state index in [1.165, 1.54) is 33.4 Å². The number of aliphatic hydroxyl groups is 1. The molecule has 0 spiro atoms. The lowest BCUT2D eigenvalue weighted by Gasteiger charge is -2.39. The molecule has 4 rings (SSSR count). The number of nitrogens with one attached hydrogen (secondary N) is 2. The van der Waals surface area contributed by atoms with E-state index in [1.807, 2.05) is 0 Å². The Morgan fingerprint density at radius 3 is 2.78 bits per heavy atom. The Labute approximate surface area is 212 Å². The molecule has 2 amide bonds.